The van der Waals surface area contributed by atoms with Crippen LogP contribution in [0.4, 0.5) is 15.8 Å². The molecule has 1 unspecified atom stereocenters. The number of halogens is 1. The predicted molar refractivity (Wildman–Crippen MR) is 106 cm³/mol. The van der Waals surface area contributed by atoms with E-state index in [-0.39, 0.29) is 18.2 Å². The van der Waals surface area contributed by atoms with Gasteiger partial charge in [-0.25, -0.2) is 4.39 Å². The first-order valence-electron chi connectivity index (χ1n) is 9.20. The van der Waals surface area contributed by atoms with Crippen LogP contribution in [-0.4, -0.2) is 11.8 Å². The molecule has 3 aromatic carbocycles. The lowest BCUT2D eigenvalue weighted by molar-refractivity contribution is -0.123. The van der Waals surface area contributed by atoms with Gasteiger partial charge in [0, 0.05) is 17.8 Å². The number of rotatable bonds is 2. The molecule has 3 aromatic rings. The average molecular weight is 372 g/mol. The maximum absolute atomic E-state index is 13.5. The van der Waals surface area contributed by atoms with Gasteiger partial charge in [-0.2, -0.15) is 0 Å². The Balaban J connectivity index is 1.41. The molecule has 0 saturated carbocycles. The van der Waals surface area contributed by atoms with E-state index in [9.17, 15) is 14.0 Å². The van der Waals surface area contributed by atoms with Gasteiger partial charge in [-0.1, -0.05) is 36.4 Å². The molecule has 5 heteroatoms. The number of nitrogens with one attached hydrogen (secondary N) is 2. The van der Waals surface area contributed by atoms with Gasteiger partial charge in [0.05, 0.1) is 5.92 Å². The molecular weight excluding hydrogens is 355 g/mol. The third kappa shape index (κ3) is 2.76. The van der Waals surface area contributed by atoms with Gasteiger partial charge in [0.1, 0.15) is 5.82 Å². The molecule has 1 atom stereocenters. The van der Waals surface area contributed by atoms with Crippen LogP contribution < -0.4 is 10.6 Å². The lowest BCUT2D eigenvalue weighted by atomic mass is 9.89. The predicted octanol–water partition coefficient (Wildman–Crippen LogP) is 4.46. The zero-order valence-corrected chi connectivity index (χ0v) is 15.0. The van der Waals surface area contributed by atoms with Crippen molar-refractivity contribution >= 4 is 23.2 Å². The number of carbonyl (C=O) groups is 2. The quantitative estimate of drug-likeness (QED) is 0.546. The molecule has 0 aromatic heterocycles. The summed E-state index contributed by atoms with van der Waals surface area (Å²) in [7, 11) is 0. The van der Waals surface area contributed by atoms with Crippen LogP contribution in [0.3, 0.4) is 0 Å². The van der Waals surface area contributed by atoms with Crippen LogP contribution in [0.5, 0.6) is 0 Å². The number of anilines is 2. The van der Waals surface area contributed by atoms with Crippen molar-refractivity contribution in [1.82, 2.24) is 0 Å². The van der Waals surface area contributed by atoms with E-state index in [0.29, 0.717) is 16.9 Å². The van der Waals surface area contributed by atoms with Gasteiger partial charge >= 0.3 is 0 Å². The van der Waals surface area contributed by atoms with Crippen molar-refractivity contribution in [3.05, 3.63) is 83.2 Å². The molecule has 0 fully saturated rings. The van der Waals surface area contributed by atoms with Crippen LogP contribution in [0.15, 0.2) is 60.7 Å². The van der Waals surface area contributed by atoms with Gasteiger partial charge in [0.25, 0.3) is 0 Å². The van der Waals surface area contributed by atoms with E-state index >= 15 is 0 Å². The maximum atomic E-state index is 13.5. The minimum absolute atomic E-state index is 0.0425. The fourth-order valence-electron chi connectivity index (χ4n) is 4.12. The van der Waals surface area contributed by atoms with E-state index in [4.69, 9.17) is 0 Å². The minimum atomic E-state index is -0.644. The second-order valence-corrected chi connectivity index (χ2v) is 7.23. The topological polar surface area (TPSA) is 58.2 Å². The highest BCUT2D eigenvalue weighted by atomic mass is 19.1. The maximum Gasteiger partial charge on any atom is 0.232 e. The van der Waals surface area contributed by atoms with Crippen LogP contribution in [-0.2, 0) is 16.0 Å². The lowest BCUT2D eigenvalue weighted by Gasteiger charge is -2.25. The SMILES string of the molecule is O=C1CC(C(=O)Nc2ccc3c(c2)Cc2ccccc2-3)c2ccc(F)cc2N1. The Kier molecular flexibility index (Phi) is 3.76. The fourth-order valence-corrected chi connectivity index (χ4v) is 4.12. The molecule has 1 aliphatic carbocycles. The third-order valence-electron chi connectivity index (χ3n) is 5.43. The molecule has 28 heavy (non-hydrogen) atoms. The van der Waals surface area contributed by atoms with Crippen molar-refractivity contribution in [2.75, 3.05) is 10.6 Å². The molecule has 2 aliphatic rings. The normalized spacial score (nSPS) is 16.6. The van der Waals surface area contributed by atoms with Gasteiger partial charge in [-0.3, -0.25) is 9.59 Å². The highest BCUT2D eigenvalue weighted by molar-refractivity contribution is 6.05. The van der Waals surface area contributed by atoms with E-state index in [1.807, 2.05) is 30.3 Å². The highest BCUT2D eigenvalue weighted by Gasteiger charge is 2.31. The van der Waals surface area contributed by atoms with Crippen LogP contribution >= 0.6 is 0 Å². The summed E-state index contributed by atoms with van der Waals surface area (Å²) in [5, 5.41) is 5.57. The summed E-state index contributed by atoms with van der Waals surface area (Å²) in [6.07, 6.45) is 0.879. The summed E-state index contributed by atoms with van der Waals surface area (Å²) in [6.45, 7) is 0. The molecule has 5 rings (SSSR count). The molecule has 0 spiro atoms. The van der Waals surface area contributed by atoms with E-state index < -0.39 is 11.7 Å². The molecule has 138 valence electrons. The van der Waals surface area contributed by atoms with Crippen LogP contribution in [0.25, 0.3) is 11.1 Å². The average Bonchev–Trinajstić information content (AvgIpc) is 3.04. The number of hydrogen-bond donors (Lipinski definition) is 2. The Morgan fingerprint density at radius 1 is 1.00 bits per heavy atom. The number of fused-ring (bicyclic) bond motifs is 4. The first-order valence-corrected chi connectivity index (χ1v) is 9.20. The summed E-state index contributed by atoms with van der Waals surface area (Å²) >= 11 is 0. The molecule has 1 aliphatic heterocycles. The van der Waals surface area contributed by atoms with Gasteiger partial charge < -0.3 is 10.6 Å². The van der Waals surface area contributed by atoms with Crippen molar-refractivity contribution in [1.29, 1.82) is 0 Å². The summed E-state index contributed by atoms with van der Waals surface area (Å²) < 4.78 is 13.5. The Labute approximate surface area is 161 Å². The summed E-state index contributed by atoms with van der Waals surface area (Å²) in [5.41, 5.74) is 6.56. The number of hydrogen-bond acceptors (Lipinski definition) is 2. The largest absolute Gasteiger partial charge is 0.326 e. The molecular formula is C23H17FN2O2. The smallest absolute Gasteiger partial charge is 0.232 e. The van der Waals surface area contributed by atoms with Gasteiger partial charge in [-0.05, 0) is 58.5 Å². The molecule has 4 nitrogen and oxygen atoms in total. The minimum Gasteiger partial charge on any atom is -0.326 e. The van der Waals surface area contributed by atoms with Gasteiger partial charge in [0.2, 0.25) is 11.8 Å². The van der Waals surface area contributed by atoms with Gasteiger partial charge in [0.15, 0.2) is 0 Å². The first kappa shape index (κ1) is 16.7. The zero-order chi connectivity index (χ0) is 19.3. The second-order valence-electron chi connectivity index (χ2n) is 7.23. The summed E-state index contributed by atoms with van der Waals surface area (Å²) in [5.74, 6) is -1.64. The second kappa shape index (κ2) is 6.30. The molecule has 0 bridgehead atoms. The third-order valence-corrected chi connectivity index (χ3v) is 5.43. The van der Waals surface area contributed by atoms with Crippen LogP contribution in [0.1, 0.15) is 29.0 Å². The number of carbonyl (C=O) groups excluding carboxylic acids is 2. The van der Waals surface area contributed by atoms with Crippen molar-refractivity contribution in [2.24, 2.45) is 0 Å². The zero-order valence-electron chi connectivity index (χ0n) is 15.0. The van der Waals surface area contributed by atoms with Crippen molar-refractivity contribution < 1.29 is 14.0 Å². The van der Waals surface area contributed by atoms with Gasteiger partial charge in [-0.15, -0.1) is 0 Å². The van der Waals surface area contributed by atoms with Crippen LogP contribution in [0, 0.1) is 5.82 Å². The Morgan fingerprint density at radius 3 is 2.71 bits per heavy atom. The number of amides is 2. The Bertz CT molecular complexity index is 1140. The number of benzene rings is 3. The Morgan fingerprint density at radius 2 is 1.82 bits per heavy atom. The molecule has 2 amide bonds. The first-order chi connectivity index (χ1) is 13.6. The standard InChI is InChI=1S/C23H17FN2O2/c24-15-5-7-19-20(12-22(27)26-21(19)11-15)23(28)25-16-6-8-18-14(10-16)9-13-3-1-2-4-17(13)18/h1-8,10-11,20H,9,12H2,(H,25,28)(H,26,27). The summed E-state index contributed by atoms with van der Waals surface area (Å²) in [4.78, 5) is 24.9. The monoisotopic (exact) mass is 372 g/mol. The van der Waals surface area contributed by atoms with Crippen molar-refractivity contribution in [3.63, 3.8) is 0 Å². The van der Waals surface area contributed by atoms with Crippen molar-refractivity contribution in [3.8, 4) is 11.1 Å². The molecule has 0 saturated heterocycles. The lowest BCUT2D eigenvalue weighted by Crippen LogP contribution is -2.30. The van der Waals surface area contributed by atoms with E-state index in [2.05, 4.69) is 22.8 Å². The van der Waals surface area contributed by atoms with E-state index in [1.165, 1.54) is 34.4 Å². The van der Waals surface area contributed by atoms with Crippen molar-refractivity contribution in [2.45, 2.75) is 18.8 Å². The molecule has 1 heterocycles. The highest BCUT2D eigenvalue weighted by Crippen LogP contribution is 2.38. The fraction of sp³-hybridized carbons (Fsp3) is 0.130. The molecule has 0 radical (unpaired) electrons. The van der Waals surface area contributed by atoms with Crippen LogP contribution in [0.2, 0.25) is 0 Å². The summed E-state index contributed by atoms with van der Waals surface area (Å²) in [6, 6.07) is 18.3. The van der Waals surface area contributed by atoms with E-state index in [1.54, 1.807) is 6.07 Å². The van der Waals surface area contributed by atoms with E-state index in [0.717, 1.165) is 6.42 Å². The molecule has 2 N–H and O–H groups in total. The Hall–Kier alpha value is -3.47.